The molecule has 0 spiro atoms. The molecule has 0 saturated carbocycles. The molecule has 1 aliphatic rings. The zero-order valence-electron chi connectivity index (χ0n) is 18.6. The Morgan fingerprint density at radius 3 is 2.65 bits per heavy atom. The highest BCUT2D eigenvalue weighted by Gasteiger charge is 2.34. The summed E-state index contributed by atoms with van der Waals surface area (Å²) >= 11 is 0. The molecule has 2 N–H and O–H groups in total. The molecule has 0 bridgehead atoms. The van der Waals surface area contributed by atoms with Gasteiger partial charge < -0.3 is 20.1 Å². The van der Waals surface area contributed by atoms with Crippen molar-refractivity contribution in [2.24, 2.45) is 0 Å². The number of pyridine rings is 1. The first-order valence-electron chi connectivity index (χ1n) is 10.6. The Morgan fingerprint density at radius 1 is 1.24 bits per heavy atom. The van der Waals surface area contributed by atoms with Crippen molar-refractivity contribution >= 4 is 33.3 Å². The second-order valence-corrected chi connectivity index (χ2v) is 9.53. The third kappa shape index (κ3) is 4.78. The minimum Gasteiger partial charge on any atom is -0.479 e. The van der Waals surface area contributed by atoms with Crippen LogP contribution in [0.2, 0.25) is 0 Å². The molecule has 0 amide bonds. The van der Waals surface area contributed by atoms with E-state index in [1.807, 2.05) is 11.0 Å². The van der Waals surface area contributed by atoms with Gasteiger partial charge in [0.25, 0.3) is 5.92 Å². The number of alkyl halides is 2. The highest BCUT2D eigenvalue weighted by Crippen LogP contribution is 2.34. The number of hydrogen-bond donors (Lipinski definition) is 2. The summed E-state index contributed by atoms with van der Waals surface area (Å²) in [7, 11) is 0.647. The fraction of sp³-hybridized carbons (Fsp3) is 0.409. The van der Waals surface area contributed by atoms with E-state index in [4.69, 9.17) is 9.84 Å². The average Bonchev–Trinajstić information content (AvgIpc) is 2.82. The lowest BCUT2D eigenvalue weighted by molar-refractivity contribution is -0.0583. The molecule has 1 fully saturated rings. The number of aryl methyl sites for hydroxylation is 1. The van der Waals surface area contributed by atoms with Crippen molar-refractivity contribution in [3.8, 4) is 5.88 Å². The Bertz CT molecular complexity index is 1230. The van der Waals surface area contributed by atoms with Gasteiger partial charge in [0.1, 0.15) is 29.8 Å². The highest BCUT2D eigenvalue weighted by molar-refractivity contribution is 7.85. The van der Waals surface area contributed by atoms with E-state index in [2.05, 4.69) is 20.3 Å². The molecule has 182 valence electrons. The van der Waals surface area contributed by atoms with Crippen LogP contribution < -0.4 is 15.0 Å². The summed E-state index contributed by atoms with van der Waals surface area (Å²) in [5.74, 6) is -2.58. The van der Waals surface area contributed by atoms with Gasteiger partial charge in [-0.2, -0.15) is 13.8 Å². The van der Waals surface area contributed by atoms with Gasteiger partial charge in [0.2, 0.25) is 5.88 Å². The summed E-state index contributed by atoms with van der Waals surface area (Å²) in [6.07, 6.45) is 0. The predicted octanol–water partition coefficient (Wildman–Crippen LogP) is 2.75. The van der Waals surface area contributed by atoms with Gasteiger partial charge in [0.15, 0.2) is 5.65 Å². The Labute approximate surface area is 196 Å². The van der Waals surface area contributed by atoms with Gasteiger partial charge in [0.05, 0.1) is 18.1 Å². The van der Waals surface area contributed by atoms with Crippen molar-refractivity contribution in [3.05, 3.63) is 47.0 Å². The van der Waals surface area contributed by atoms with Gasteiger partial charge in [-0.3, -0.25) is 4.21 Å². The third-order valence-corrected chi connectivity index (χ3v) is 6.85. The summed E-state index contributed by atoms with van der Waals surface area (Å²) in [4.78, 5) is 15.3. The first-order chi connectivity index (χ1) is 16.2. The van der Waals surface area contributed by atoms with E-state index in [1.54, 1.807) is 6.92 Å². The lowest BCUT2D eigenvalue weighted by atomic mass is 10.0. The normalized spacial score (nSPS) is 15.1. The van der Waals surface area contributed by atoms with Crippen molar-refractivity contribution in [2.75, 3.05) is 48.5 Å². The smallest absolute Gasteiger partial charge is 0.298 e. The van der Waals surface area contributed by atoms with Crippen LogP contribution in [-0.2, 0) is 23.3 Å². The molecule has 0 radical (unpaired) electrons. The standard InChI is InChI=1S/C22H24F3N5O3S/c1-13-27-19(26-11-14-4-3-5-16(18(14)23)22(24,25)12-31)15-10-17(21(33-2)29-20(15)28-13)30-6-8-34(32)9-7-30/h3-5,10,31H,6-9,11-12H2,1-2H3,(H,26,27,28,29). The molecule has 12 heteroatoms. The van der Waals surface area contributed by atoms with Crippen LogP contribution in [0.5, 0.6) is 5.88 Å². The number of fused-ring (bicyclic) bond motifs is 1. The van der Waals surface area contributed by atoms with E-state index >= 15 is 0 Å². The van der Waals surface area contributed by atoms with Crippen LogP contribution >= 0.6 is 0 Å². The maximum Gasteiger partial charge on any atom is 0.298 e. The molecule has 0 aliphatic carbocycles. The zero-order valence-corrected chi connectivity index (χ0v) is 19.5. The molecule has 8 nitrogen and oxygen atoms in total. The van der Waals surface area contributed by atoms with Gasteiger partial charge in [-0.15, -0.1) is 0 Å². The predicted molar refractivity (Wildman–Crippen MR) is 123 cm³/mol. The number of aliphatic hydroxyl groups is 1. The molecular formula is C22H24F3N5O3S. The number of benzene rings is 1. The molecule has 2 aromatic heterocycles. The van der Waals surface area contributed by atoms with Crippen molar-refractivity contribution < 1.29 is 27.2 Å². The molecule has 0 unspecified atom stereocenters. The Morgan fingerprint density at radius 2 is 1.97 bits per heavy atom. The van der Waals surface area contributed by atoms with Crippen LogP contribution in [0.15, 0.2) is 24.3 Å². The summed E-state index contributed by atoms with van der Waals surface area (Å²) in [5, 5.41) is 12.5. The summed E-state index contributed by atoms with van der Waals surface area (Å²) in [5.41, 5.74) is 0.180. The maximum absolute atomic E-state index is 14.8. The quantitative estimate of drug-likeness (QED) is 0.516. The Balaban J connectivity index is 1.70. The second kappa shape index (κ2) is 9.71. The van der Waals surface area contributed by atoms with Crippen molar-refractivity contribution in [1.82, 2.24) is 15.0 Å². The van der Waals surface area contributed by atoms with Crippen molar-refractivity contribution in [2.45, 2.75) is 19.4 Å². The average molecular weight is 496 g/mol. The lowest BCUT2D eigenvalue weighted by Gasteiger charge is -2.29. The third-order valence-electron chi connectivity index (χ3n) is 5.57. The summed E-state index contributed by atoms with van der Waals surface area (Å²) in [6, 6.07) is 5.46. The van der Waals surface area contributed by atoms with Crippen molar-refractivity contribution in [3.63, 3.8) is 0 Å². The van der Waals surface area contributed by atoms with Crippen molar-refractivity contribution in [1.29, 1.82) is 0 Å². The molecule has 1 aromatic carbocycles. The molecular weight excluding hydrogens is 471 g/mol. The maximum atomic E-state index is 14.8. The molecule has 0 atom stereocenters. The minimum atomic E-state index is -3.69. The number of aromatic nitrogens is 3. The van der Waals surface area contributed by atoms with Gasteiger partial charge >= 0.3 is 0 Å². The largest absolute Gasteiger partial charge is 0.479 e. The molecule has 34 heavy (non-hydrogen) atoms. The van der Waals surface area contributed by atoms with Crippen LogP contribution in [0, 0.1) is 12.7 Å². The number of hydrogen-bond acceptors (Lipinski definition) is 8. The van der Waals surface area contributed by atoms with E-state index in [-0.39, 0.29) is 12.1 Å². The molecule has 1 aliphatic heterocycles. The monoisotopic (exact) mass is 495 g/mol. The number of anilines is 2. The number of rotatable bonds is 7. The molecule has 3 aromatic rings. The zero-order chi connectivity index (χ0) is 24.5. The SMILES string of the molecule is COc1nc2nc(C)nc(NCc3cccc(C(F)(F)CO)c3F)c2cc1N1CCS(=O)CC1. The van der Waals surface area contributed by atoms with Gasteiger partial charge in [-0.05, 0) is 19.1 Å². The van der Waals surface area contributed by atoms with Crippen LogP contribution in [0.1, 0.15) is 17.0 Å². The first-order valence-corrected chi connectivity index (χ1v) is 12.1. The number of halogens is 3. The van der Waals surface area contributed by atoms with Crippen LogP contribution in [0.25, 0.3) is 11.0 Å². The number of ether oxygens (including phenoxy) is 1. The van der Waals surface area contributed by atoms with E-state index < -0.39 is 34.7 Å². The first kappa shape index (κ1) is 24.1. The lowest BCUT2D eigenvalue weighted by Crippen LogP contribution is -2.38. The fourth-order valence-electron chi connectivity index (χ4n) is 3.79. The second-order valence-electron chi connectivity index (χ2n) is 7.84. The van der Waals surface area contributed by atoms with E-state index in [9.17, 15) is 17.4 Å². The fourth-order valence-corrected chi connectivity index (χ4v) is 4.84. The van der Waals surface area contributed by atoms with E-state index in [0.717, 1.165) is 6.07 Å². The Hall–Kier alpha value is -2.99. The minimum absolute atomic E-state index is 0.00440. The molecule has 1 saturated heterocycles. The van der Waals surface area contributed by atoms with Crippen LogP contribution in [0.3, 0.4) is 0 Å². The van der Waals surface area contributed by atoms with E-state index in [1.165, 1.54) is 19.2 Å². The van der Waals surface area contributed by atoms with Gasteiger partial charge in [-0.25, -0.2) is 14.4 Å². The number of nitrogens with one attached hydrogen (secondary N) is 1. The topological polar surface area (TPSA) is 100 Å². The van der Waals surface area contributed by atoms with Gasteiger partial charge in [0, 0.05) is 47.5 Å². The highest BCUT2D eigenvalue weighted by atomic mass is 32.2. The molecule has 4 rings (SSSR count). The summed E-state index contributed by atoms with van der Waals surface area (Å²) < 4.78 is 59.8. The van der Waals surface area contributed by atoms with Crippen LogP contribution in [-0.4, -0.2) is 62.6 Å². The summed E-state index contributed by atoms with van der Waals surface area (Å²) in [6.45, 7) is 1.20. The Kier molecular flexibility index (Phi) is 6.89. The number of methoxy groups -OCH3 is 1. The van der Waals surface area contributed by atoms with E-state index in [0.29, 0.717) is 58.8 Å². The number of aliphatic hydroxyl groups excluding tert-OH is 1. The van der Waals surface area contributed by atoms with Gasteiger partial charge in [-0.1, -0.05) is 12.1 Å². The number of nitrogens with zero attached hydrogens (tertiary/aromatic N) is 4. The van der Waals surface area contributed by atoms with Crippen LogP contribution in [0.4, 0.5) is 24.7 Å². The molecule has 3 heterocycles.